The molecule has 0 saturated carbocycles. The van der Waals surface area contributed by atoms with Gasteiger partial charge >= 0.3 is 0 Å². The summed E-state index contributed by atoms with van der Waals surface area (Å²) >= 11 is 9.40. The third-order valence-electron chi connectivity index (χ3n) is 4.79. The number of anilines is 1. The highest BCUT2D eigenvalue weighted by Gasteiger charge is 2.32. The molecule has 1 aliphatic heterocycles. The number of aromatic nitrogens is 2. The van der Waals surface area contributed by atoms with Gasteiger partial charge in [0.15, 0.2) is 0 Å². The SMILES string of the molecule is O=C1CS[C@@H](c2ccsc2)c2c(-c3ccc(Cl)cc3)nn(-c3ccccc3)c2N1. The van der Waals surface area contributed by atoms with E-state index in [0.29, 0.717) is 10.8 Å². The molecule has 2 aromatic heterocycles. The molecular formula is C22H16ClN3OS2. The summed E-state index contributed by atoms with van der Waals surface area (Å²) in [6.07, 6.45) is 0. The van der Waals surface area contributed by atoms with Crippen LogP contribution in [0.4, 0.5) is 5.82 Å². The molecule has 0 bridgehead atoms. The van der Waals surface area contributed by atoms with Crippen molar-refractivity contribution in [3.8, 4) is 16.9 Å². The lowest BCUT2D eigenvalue weighted by atomic mass is 10.0. The topological polar surface area (TPSA) is 46.9 Å². The fraction of sp³-hybridized carbons (Fsp3) is 0.0909. The number of carbonyl (C=O) groups excluding carboxylic acids is 1. The smallest absolute Gasteiger partial charge is 0.235 e. The molecule has 4 nitrogen and oxygen atoms in total. The lowest BCUT2D eigenvalue weighted by Gasteiger charge is -2.14. The Hall–Kier alpha value is -2.54. The molecule has 3 heterocycles. The zero-order chi connectivity index (χ0) is 19.8. The van der Waals surface area contributed by atoms with Gasteiger partial charge in [-0.2, -0.15) is 16.4 Å². The molecule has 2 aromatic carbocycles. The van der Waals surface area contributed by atoms with E-state index >= 15 is 0 Å². The molecule has 29 heavy (non-hydrogen) atoms. The number of rotatable bonds is 3. The number of amides is 1. The maximum absolute atomic E-state index is 12.5. The van der Waals surface area contributed by atoms with Gasteiger partial charge in [0.2, 0.25) is 5.91 Å². The summed E-state index contributed by atoms with van der Waals surface area (Å²) in [5.74, 6) is 1.10. The molecule has 0 aliphatic carbocycles. The molecule has 4 aromatic rings. The summed E-state index contributed by atoms with van der Waals surface area (Å²) in [7, 11) is 0. The number of hydrogen-bond donors (Lipinski definition) is 1. The van der Waals surface area contributed by atoms with Crippen molar-refractivity contribution in [3.63, 3.8) is 0 Å². The number of fused-ring (bicyclic) bond motifs is 1. The average Bonchev–Trinajstić information content (AvgIpc) is 3.36. The van der Waals surface area contributed by atoms with E-state index in [4.69, 9.17) is 16.7 Å². The second-order valence-electron chi connectivity index (χ2n) is 6.66. The lowest BCUT2D eigenvalue weighted by molar-refractivity contribution is -0.113. The number of nitrogens with zero attached hydrogens (tertiary/aromatic N) is 2. The fourth-order valence-electron chi connectivity index (χ4n) is 3.47. The largest absolute Gasteiger partial charge is 0.310 e. The lowest BCUT2D eigenvalue weighted by Crippen LogP contribution is -2.15. The highest BCUT2D eigenvalue weighted by atomic mass is 35.5. The van der Waals surface area contributed by atoms with Crippen LogP contribution in [0.15, 0.2) is 71.4 Å². The number of para-hydroxylation sites is 1. The zero-order valence-electron chi connectivity index (χ0n) is 15.2. The minimum absolute atomic E-state index is 0.0124. The van der Waals surface area contributed by atoms with Crippen molar-refractivity contribution in [3.05, 3.63) is 87.6 Å². The molecular weight excluding hydrogens is 422 g/mol. The van der Waals surface area contributed by atoms with E-state index in [1.165, 1.54) is 5.56 Å². The van der Waals surface area contributed by atoms with Crippen LogP contribution in [-0.4, -0.2) is 21.4 Å². The summed E-state index contributed by atoms with van der Waals surface area (Å²) < 4.78 is 1.84. The molecule has 1 atom stereocenters. The van der Waals surface area contributed by atoms with Crippen LogP contribution < -0.4 is 5.32 Å². The van der Waals surface area contributed by atoms with Crippen LogP contribution in [-0.2, 0) is 4.79 Å². The molecule has 7 heteroatoms. The highest BCUT2D eigenvalue weighted by Crippen LogP contribution is 2.47. The van der Waals surface area contributed by atoms with Gasteiger partial charge in [-0.15, -0.1) is 11.8 Å². The van der Waals surface area contributed by atoms with Crippen molar-refractivity contribution in [1.82, 2.24) is 9.78 Å². The Bertz CT molecular complexity index is 1160. The minimum Gasteiger partial charge on any atom is -0.310 e. The van der Waals surface area contributed by atoms with Gasteiger partial charge in [-0.05, 0) is 46.7 Å². The summed E-state index contributed by atoms with van der Waals surface area (Å²) in [4.78, 5) is 12.5. The summed E-state index contributed by atoms with van der Waals surface area (Å²) in [6, 6.07) is 19.7. The number of nitrogens with one attached hydrogen (secondary N) is 1. The monoisotopic (exact) mass is 437 g/mol. The van der Waals surface area contributed by atoms with Crippen LogP contribution in [0.2, 0.25) is 5.02 Å². The van der Waals surface area contributed by atoms with Gasteiger partial charge in [0, 0.05) is 16.1 Å². The number of carbonyl (C=O) groups is 1. The van der Waals surface area contributed by atoms with Gasteiger partial charge in [-0.3, -0.25) is 4.79 Å². The van der Waals surface area contributed by atoms with Crippen LogP contribution >= 0.6 is 34.7 Å². The number of thiophene rings is 1. The van der Waals surface area contributed by atoms with Crippen LogP contribution in [0.1, 0.15) is 16.4 Å². The molecule has 1 N–H and O–H groups in total. The maximum Gasteiger partial charge on any atom is 0.235 e. The number of thioether (sulfide) groups is 1. The van der Waals surface area contributed by atoms with Gasteiger partial charge in [0.25, 0.3) is 0 Å². The molecule has 5 rings (SSSR count). The quantitative estimate of drug-likeness (QED) is 0.425. The average molecular weight is 438 g/mol. The van der Waals surface area contributed by atoms with E-state index in [1.807, 2.05) is 59.3 Å². The second kappa shape index (κ2) is 7.71. The molecule has 0 unspecified atom stereocenters. The fourth-order valence-corrected chi connectivity index (χ4v) is 5.49. The van der Waals surface area contributed by atoms with Crippen LogP contribution in [0, 0.1) is 0 Å². The first-order chi connectivity index (χ1) is 14.2. The number of halogens is 1. The van der Waals surface area contributed by atoms with Crippen LogP contribution in [0.5, 0.6) is 0 Å². The molecule has 0 saturated heterocycles. The second-order valence-corrected chi connectivity index (χ2v) is 8.97. The number of hydrogen-bond acceptors (Lipinski definition) is 4. The van der Waals surface area contributed by atoms with E-state index in [2.05, 4.69) is 22.1 Å². The summed E-state index contributed by atoms with van der Waals surface area (Å²) in [5, 5.41) is 13.0. The first-order valence-corrected chi connectivity index (χ1v) is 11.5. The van der Waals surface area contributed by atoms with Crippen molar-refractivity contribution in [2.75, 3.05) is 11.1 Å². The Kier molecular flexibility index (Phi) is 4.91. The Balaban J connectivity index is 1.79. The molecule has 0 radical (unpaired) electrons. The van der Waals surface area contributed by atoms with E-state index in [9.17, 15) is 4.79 Å². The van der Waals surface area contributed by atoms with Gasteiger partial charge in [-0.25, -0.2) is 4.68 Å². The van der Waals surface area contributed by atoms with Crippen molar-refractivity contribution in [2.24, 2.45) is 0 Å². The Labute approximate surface area is 181 Å². The Morgan fingerprint density at radius 3 is 2.59 bits per heavy atom. The first-order valence-electron chi connectivity index (χ1n) is 9.08. The third kappa shape index (κ3) is 3.48. The van der Waals surface area contributed by atoms with Crippen molar-refractivity contribution in [1.29, 1.82) is 0 Å². The highest BCUT2D eigenvalue weighted by molar-refractivity contribution is 8.00. The number of benzene rings is 2. The maximum atomic E-state index is 12.5. The molecule has 0 fully saturated rings. The van der Waals surface area contributed by atoms with Gasteiger partial charge < -0.3 is 5.32 Å². The van der Waals surface area contributed by atoms with Gasteiger partial charge in [-0.1, -0.05) is 41.9 Å². The zero-order valence-corrected chi connectivity index (χ0v) is 17.6. The predicted octanol–water partition coefficient (Wildman–Crippen LogP) is 6.03. The predicted molar refractivity (Wildman–Crippen MR) is 121 cm³/mol. The Morgan fingerprint density at radius 2 is 1.86 bits per heavy atom. The van der Waals surface area contributed by atoms with E-state index in [0.717, 1.165) is 28.3 Å². The normalized spacial score (nSPS) is 16.2. The third-order valence-corrected chi connectivity index (χ3v) is 7.01. The van der Waals surface area contributed by atoms with E-state index in [1.54, 1.807) is 23.1 Å². The van der Waals surface area contributed by atoms with Gasteiger partial charge in [0.05, 0.1) is 22.4 Å². The molecule has 1 aliphatic rings. The molecule has 144 valence electrons. The van der Waals surface area contributed by atoms with Crippen molar-refractivity contribution < 1.29 is 4.79 Å². The van der Waals surface area contributed by atoms with Crippen LogP contribution in [0.25, 0.3) is 16.9 Å². The summed E-state index contributed by atoms with van der Waals surface area (Å²) in [6.45, 7) is 0. The van der Waals surface area contributed by atoms with Gasteiger partial charge in [0.1, 0.15) is 5.82 Å². The van der Waals surface area contributed by atoms with Crippen LogP contribution in [0.3, 0.4) is 0 Å². The van der Waals surface area contributed by atoms with Crippen molar-refractivity contribution in [2.45, 2.75) is 5.25 Å². The van der Waals surface area contributed by atoms with E-state index < -0.39 is 0 Å². The van der Waals surface area contributed by atoms with E-state index in [-0.39, 0.29) is 11.2 Å². The first kappa shape index (κ1) is 18.5. The standard InChI is InChI=1S/C22H16ClN3OS2/c23-16-8-6-14(7-9-16)20-19-21(15-10-11-28-12-15)29-13-18(27)24-22(19)26(25-20)17-4-2-1-3-5-17/h1-12,21H,13H2,(H,24,27)/t21-/m0/s1. The molecule has 0 spiro atoms. The minimum atomic E-state index is -0.0197. The van der Waals surface area contributed by atoms with Crippen molar-refractivity contribution >= 4 is 46.4 Å². The Morgan fingerprint density at radius 1 is 1.07 bits per heavy atom. The molecule has 1 amide bonds. The summed E-state index contributed by atoms with van der Waals surface area (Å²) in [5.41, 5.74) is 4.93.